The first-order chi connectivity index (χ1) is 20.0. The average Bonchev–Trinajstić information content (AvgIpc) is 2.94. The van der Waals surface area contributed by atoms with Gasteiger partial charge in [0.25, 0.3) is 5.91 Å². The van der Waals surface area contributed by atoms with Crippen molar-refractivity contribution in [2.24, 2.45) is 0 Å². The molecule has 0 bridgehead atoms. The molecule has 220 valence electrons. The largest absolute Gasteiger partial charge is 0.416 e. The molecule has 2 heterocycles. The van der Waals surface area contributed by atoms with Crippen molar-refractivity contribution < 1.29 is 18.0 Å². The van der Waals surface area contributed by atoms with E-state index in [2.05, 4.69) is 37.3 Å². The Balaban J connectivity index is 1.53. The number of nitrogen functional groups attached to an aromatic ring is 1. The maximum absolute atomic E-state index is 14.0. The number of likely N-dealkylation sites (N-methyl/N-ethyl adjacent to an activating group) is 1. The average molecular weight is 579 g/mol. The van der Waals surface area contributed by atoms with Crippen molar-refractivity contribution >= 4 is 28.9 Å². The lowest BCUT2D eigenvalue weighted by Gasteiger charge is -2.33. The molecule has 42 heavy (non-hydrogen) atoms. The van der Waals surface area contributed by atoms with Crippen molar-refractivity contribution in [3.8, 4) is 11.8 Å². The molecule has 1 amide bonds. The zero-order valence-corrected chi connectivity index (χ0v) is 23.7. The highest BCUT2D eigenvalue weighted by Crippen LogP contribution is 2.34. The van der Waals surface area contributed by atoms with Crippen LogP contribution in [0, 0.1) is 24.2 Å². The summed E-state index contributed by atoms with van der Waals surface area (Å²) in [5, 5.41) is 14.0. The molecule has 9 nitrogen and oxygen atoms in total. The van der Waals surface area contributed by atoms with Crippen LogP contribution in [-0.4, -0.2) is 71.2 Å². The molecule has 0 atom stereocenters. The van der Waals surface area contributed by atoms with E-state index in [0.717, 1.165) is 24.7 Å². The van der Waals surface area contributed by atoms with Crippen LogP contribution < -0.4 is 16.4 Å². The minimum Gasteiger partial charge on any atom is -0.383 e. The summed E-state index contributed by atoms with van der Waals surface area (Å²) >= 11 is 0. The quantitative estimate of drug-likeness (QED) is 0.244. The number of piperazine rings is 1. The fraction of sp³-hybridized carbons (Fsp3) is 0.333. The molecular formula is C30H33F3N8O. The fourth-order valence-corrected chi connectivity index (χ4v) is 4.54. The van der Waals surface area contributed by atoms with Crippen molar-refractivity contribution in [3.05, 3.63) is 76.1 Å². The molecule has 0 radical (unpaired) electrons. The van der Waals surface area contributed by atoms with Gasteiger partial charge in [-0.05, 0) is 62.2 Å². The summed E-state index contributed by atoms with van der Waals surface area (Å²) < 4.78 is 41.9. The monoisotopic (exact) mass is 578 g/mol. The number of carbonyl (C=O) groups is 1. The number of carbonyl (C=O) groups excluding carboxylic acids is 1. The third-order valence-corrected chi connectivity index (χ3v) is 6.96. The van der Waals surface area contributed by atoms with Crippen LogP contribution in [0.5, 0.6) is 0 Å². The lowest BCUT2D eigenvalue weighted by molar-refractivity contribution is -0.138. The van der Waals surface area contributed by atoms with Crippen molar-refractivity contribution in [2.75, 3.05) is 56.1 Å². The first kappa shape index (κ1) is 30.5. The number of nitrogens with one attached hydrogen (secondary N) is 3. The topological polar surface area (TPSA) is 123 Å². The Morgan fingerprint density at radius 3 is 2.55 bits per heavy atom. The smallest absolute Gasteiger partial charge is 0.383 e. The standard InChI is InChI=1S/C30H33F3N8O/c1-4-36-28-26(27(35)37-18-38-28)25(34)10-8-20-15-21(6-5-19(20)2)29(42)39-23-9-7-22(24(16-23)30(31,32)33)17-41-13-11-40(3)12-14-41/h5-7,9,15-16,18,34H,4,11-14,17H2,1-3H3,(H,39,42)(H3,35,36,37,38). The van der Waals surface area contributed by atoms with E-state index in [4.69, 9.17) is 11.1 Å². The summed E-state index contributed by atoms with van der Waals surface area (Å²) in [7, 11) is 1.99. The number of anilines is 3. The Labute approximate surface area is 242 Å². The molecule has 1 saturated heterocycles. The number of halogens is 3. The second-order valence-corrected chi connectivity index (χ2v) is 10.1. The third kappa shape index (κ3) is 7.43. The van der Waals surface area contributed by atoms with Gasteiger partial charge in [0.2, 0.25) is 0 Å². The van der Waals surface area contributed by atoms with Crippen molar-refractivity contribution in [1.29, 1.82) is 5.41 Å². The number of aryl methyl sites for hydroxylation is 1. The van der Waals surface area contributed by atoms with E-state index in [1.165, 1.54) is 24.5 Å². The minimum absolute atomic E-state index is 0.0416. The van der Waals surface area contributed by atoms with Crippen LogP contribution in [0.4, 0.5) is 30.5 Å². The SMILES string of the molecule is CCNc1ncnc(N)c1C(=N)C#Cc1cc(C(=O)Nc2ccc(CN3CCN(C)CC3)c(C(F)(F)F)c2)ccc1C. The lowest BCUT2D eigenvalue weighted by Crippen LogP contribution is -2.44. The Morgan fingerprint density at radius 1 is 1.12 bits per heavy atom. The Hall–Kier alpha value is -4.47. The molecule has 1 aromatic heterocycles. The van der Waals surface area contributed by atoms with Gasteiger partial charge in [-0.15, -0.1) is 0 Å². The van der Waals surface area contributed by atoms with Crippen molar-refractivity contribution in [1.82, 2.24) is 19.8 Å². The van der Waals surface area contributed by atoms with Gasteiger partial charge < -0.3 is 21.3 Å². The van der Waals surface area contributed by atoms with E-state index in [1.54, 1.807) is 19.1 Å². The molecule has 0 spiro atoms. The number of aromatic nitrogens is 2. The highest BCUT2D eigenvalue weighted by Gasteiger charge is 2.34. The number of amides is 1. The van der Waals surface area contributed by atoms with Crippen LogP contribution in [-0.2, 0) is 12.7 Å². The van der Waals surface area contributed by atoms with E-state index in [9.17, 15) is 18.0 Å². The van der Waals surface area contributed by atoms with E-state index in [1.807, 2.05) is 18.9 Å². The number of hydrogen-bond donors (Lipinski definition) is 4. The summed E-state index contributed by atoms with van der Waals surface area (Å²) in [4.78, 5) is 25.3. The van der Waals surface area contributed by atoms with E-state index in [-0.39, 0.29) is 40.5 Å². The Bertz CT molecular complexity index is 1540. The summed E-state index contributed by atoms with van der Waals surface area (Å²) in [6, 6.07) is 8.69. The summed E-state index contributed by atoms with van der Waals surface area (Å²) in [5.74, 6) is 5.56. The molecule has 0 unspecified atom stereocenters. The van der Waals surface area contributed by atoms with Crippen LogP contribution in [0.15, 0.2) is 42.7 Å². The third-order valence-electron chi connectivity index (χ3n) is 6.96. The highest BCUT2D eigenvalue weighted by molar-refractivity contribution is 6.16. The van der Waals surface area contributed by atoms with Gasteiger partial charge in [-0.1, -0.05) is 18.1 Å². The van der Waals surface area contributed by atoms with Crippen molar-refractivity contribution in [3.63, 3.8) is 0 Å². The molecule has 2 aromatic carbocycles. The van der Waals surface area contributed by atoms with Gasteiger partial charge in [0.15, 0.2) is 0 Å². The van der Waals surface area contributed by atoms with Gasteiger partial charge in [-0.3, -0.25) is 15.1 Å². The fourth-order valence-electron chi connectivity index (χ4n) is 4.54. The molecular weight excluding hydrogens is 545 g/mol. The van der Waals surface area contributed by atoms with Crippen molar-refractivity contribution in [2.45, 2.75) is 26.6 Å². The van der Waals surface area contributed by atoms with Gasteiger partial charge in [-0.25, -0.2) is 9.97 Å². The predicted molar refractivity (Wildman–Crippen MR) is 158 cm³/mol. The Kier molecular flexibility index (Phi) is 9.45. The zero-order chi connectivity index (χ0) is 30.4. The second kappa shape index (κ2) is 13.0. The maximum atomic E-state index is 14.0. The van der Waals surface area contributed by atoms with Crippen LogP contribution in [0.25, 0.3) is 0 Å². The van der Waals surface area contributed by atoms with Crippen LogP contribution >= 0.6 is 0 Å². The molecule has 3 aromatic rings. The highest BCUT2D eigenvalue weighted by atomic mass is 19.4. The number of nitrogens with two attached hydrogens (primary N) is 1. The molecule has 0 aliphatic carbocycles. The first-order valence-corrected chi connectivity index (χ1v) is 13.4. The molecule has 1 aliphatic rings. The number of alkyl halides is 3. The number of benzene rings is 2. The van der Waals surface area contributed by atoms with Crippen LogP contribution in [0.1, 0.15) is 45.1 Å². The Morgan fingerprint density at radius 2 is 1.86 bits per heavy atom. The van der Waals surface area contributed by atoms with E-state index < -0.39 is 17.6 Å². The molecule has 12 heteroatoms. The number of rotatable bonds is 7. The van der Waals surface area contributed by atoms with Gasteiger partial charge in [0, 0.05) is 56.1 Å². The van der Waals surface area contributed by atoms with Gasteiger partial charge >= 0.3 is 6.18 Å². The maximum Gasteiger partial charge on any atom is 0.416 e. The van der Waals surface area contributed by atoms with Gasteiger partial charge in [0.05, 0.1) is 11.1 Å². The first-order valence-electron chi connectivity index (χ1n) is 13.4. The van der Waals surface area contributed by atoms with E-state index in [0.29, 0.717) is 31.0 Å². The molecule has 1 aliphatic heterocycles. The molecule has 4 rings (SSSR count). The number of hydrogen-bond acceptors (Lipinski definition) is 8. The lowest BCUT2D eigenvalue weighted by atomic mass is 10.0. The summed E-state index contributed by atoms with van der Waals surface area (Å²) in [6.45, 7) is 7.39. The summed E-state index contributed by atoms with van der Waals surface area (Å²) in [5.41, 5.74) is 7.01. The van der Waals surface area contributed by atoms with Crippen LogP contribution in [0.3, 0.4) is 0 Å². The zero-order valence-electron chi connectivity index (χ0n) is 23.7. The van der Waals surface area contributed by atoms with E-state index >= 15 is 0 Å². The second-order valence-electron chi connectivity index (χ2n) is 10.1. The minimum atomic E-state index is -4.57. The molecule has 1 fully saturated rings. The van der Waals surface area contributed by atoms with Gasteiger partial charge in [0.1, 0.15) is 23.7 Å². The normalized spacial score (nSPS) is 14.1. The van der Waals surface area contributed by atoms with Gasteiger partial charge in [-0.2, -0.15) is 13.2 Å². The molecule has 0 saturated carbocycles. The van der Waals surface area contributed by atoms with Crippen LogP contribution in [0.2, 0.25) is 0 Å². The predicted octanol–water partition coefficient (Wildman–Crippen LogP) is 4.24. The molecule has 5 N–H and O–H groups in total. The number of nitrogens with zero attached hydrogens (tertiary/aromatic N) is 4. The summed E-state index contributed by atoms with van der Waals surface area (Å²) in [6.07, 6.45) is -3.28.